The van der Waals surface area contributed by atoms with Crippen molar-refractivity contribution in [3.05, 3.63) is 53.1 Å². The van der Waals surface area contributed by atoms with Gasteiger partial charge in [0.15, 0.2) is 0 Å². The van der Waals surface area contributed by atoms with Crippen molar-refractivity contribution in [3.8, 4) is 5.75 Å². The number of halogens is 4. The number of hydrogen-bond acceptors (Lipinski definition) is 5. The zero-order valence-electron chi connectivity index (χ0n) is 15.7. The molecule has 1 saturated heterocycles. The first-order chi connectivity index (χ1) is 14.0. The van der Waals surface area contributed by atoms with Crippen LogP contribution in [-0.4, -0.2) is 46.1 Å². The van der Waals surface area contributed by atoms with Crippen LogP contribution in [0.15, 0.2) is 47.4 Å². The molecule has 0 radical (unpaired) electrons. The third-order valence-electron chi connectivity index (χ3n) is 4.74. The molecule has 1 amide bonds. The molecule has 30 heavy (non-hydrogen) atoms. The number of carbonyl (C=O) groups is 1. The molecule has 1 unspecified atom stereocenters. The van der Waals surface area contributed by atoms with E-state index < -0.39 is 26.1 Å². The molecule has 3 rings (SSSR count). The van der Waals surface area contributed by atoms with Crippen molar-refractivity contribution in [2.24, 2.45) is 0 Å². The van der Waals surface area contributed by atoms with Gasteiger partial charge in [-0.25, -0.2) is 8.42 Å². The number of methoxy groups -OCH3 is 1. The van der Waals surface area contributed by atoms with Crippen LogP contribution >= 0.6 is 11.6 Å². The number of benzene rings is 2. The van der Waals surface area contributed by atoms with E-state index in [0.717, 1.165) is 30.0 Å². The van der Waals surface area contributed by atoms with E-state index in [0.29, 0.717) is 30.3 Å². The maximum atomic E-state index is 12.6. The first-order valence-electron chi connectivity index (χ1n) is 8.83. The number of carbonyl (C=O) groups excluding carboxylic acids is 1. The van der Waals surface area contributed by atoms with Gasteiger partial charge < -0.3 is 15.0 Å². The van der Waals surface area contributed by atoms with Crippen LogP contribution in [0.3, 0.4) is 0 Å². The minimum Gasteiger partial charge on any atom is -0.495 e. The lowest BCUT2D eigenvalue weighted by Crippen LogP contribution is -2.37. The number of nitrogens with one attached hydrogen (secondary N) is 1. The van der Waals surface area contributed by atoms with Crippen molar-refractivity contribution in [2.45, 2.75) is 22.9 Å². The van der Waals surface area contributed by atoms with Crippen LogP contribution in [0.4, 0.5) is 18.9 Å². The third-order valence-corrected chi connectivity index (χ3v) is 6.47. The first-order valence-corrected chi connectivity index (χ1v) is 10.7. The smallest absolute Gasteiger partial charge is 0.495 e. The summed E-state index contributed by atoms with van der Waals surface area (Å²) in [6, 6.07) is 8.68. The highest BCUT2D eigenvalue weighted by atomic mass is 35.5. The molecule has 0 saturated carbocycles. The lowest BCUT2D eigenvalue weighted by Gasteiger charge is -2.21. The molecule has 162 valence electrons. The number of amides is 1. The zero-order chi connectivity index (χ0) is 22.1. The normalized spacial score (nSPS) is 17.1. The molecule has 1 aliphatic rings. The Morgan fingerprint density at radius 2 is 1.87 bits per heavy atom. The number of ether oxygens (including phenoxy) is 1. The van der Waals surface area contributed by atoms with Gasteiger partial charge in [-0.05, 0) is 48.9 Å². The first kappa shape index (κ1) is 22.2. The van der Waals surface area contributed by atoms with Crippen LogP contribution in [-0.2, 0) is 9.84 Å². The molecule has 0 aromatic heterocycles. The van der Waals surface area contributed by atoms with E-state index in [2.05, 4.69) is 5.32 Å². The van der Waals surface area contributed by atoms with Gasteiger partial charge in [0, 0.05) is 29.7 Å². The lowest BCUT2D eigenvalue weighted by atomic mass is 10.2. The van der Waals surface area contributed by atoms with Gasteiger partial charge in [-0.1, -0.05) is 11.6 Å². The van der Waals surface area contributed by atoms with Crippen LogP contribution in [0, 0.1) is 0 Å². The topological polar surface area (TPSA) is 75.7 Å². The minimum atomic E-state index is -5.45. The highest BCUT2D eigenvalue weighted by molar-refractivity contribution is 7.92. The highest BCUT2D eigenvalue weighted by Gasteiger charge is 2.46. The van der Waals surface area contributed by atoms with Gasteiger partial charge in [0.2, 0.25) is 0 Å². The Labute approximate surface area is 176 Å². The summed E-state index contributed by atoms with van der Waals surface area (Å²) in [4.78, 5) is 13.5. The van der Waals surface area contributed by atoms with Gasteiger partial charge in [0.05, 0.1) is 17.7 Å². The number of hydrogen-bond donors (Lipinski definition) is 1. The summed E-state index contributed by atoms with van der Waals surface area (Å²) in [5.41, 5.74) is -4.54. The van der Waals surface area contributed by atoms with Crippen molar-refractivity contribution in [1.82, 2.24) is 5.32 Å². The van der Waals surface area contributed by atoms with E-state index in [1.807, 2.05) is 4.90 Å². The Morgan fingerprint density at radius 1 is 1.20 bits per heavy atom. The molecule has 2 aromatic rings. The molecule has 1 fully saturated rings. The molecule has 0 bridgehead atoms. The van der Waals surface area contributed by atoms with Crippen molar-refractivity contribution >= 4 is 33.0 Å². The Balaban J connectivity index is 1.67. The minimum absolute atomic E-state index is 0.0647. The summed E-state index contributed by atoms with van der Waals surface area (Å²) < 4.78 is 66.0. The van der Waals surface area contributed by atoms with E-state index in [1.165, 1.54) is 0 Å². The largest absolute Gasteiger partial charge is 0.501 e. The molecule has 1 atom stereocenters. The third kappa shape index (κ3) is 4.49. The lowest BCUT2D eigenvalue weighted by molar-refractivity contribution is -0.0436. The second kappa shape index (κ2) is 8.35. The summed E-state index contributed by atoms with van der Waals surface area (Å²) in [7, 11) is -3.90. The van der Waals surface area contributed by atoms with Gasteiger partial charge in [0.25, 0.3) is 15.7 Å². The Kier molecular flexibility index (Phi) is 6.19. The molecule has 1 N–H and O–H groups in total. The molecule has 11 heteroatoms. The number of sulfone groups is 1. The fraction of sp³-hybridized carbons (Fsp3) is 0.316. The second-order valence-electron chi connectivity index (χ2n) is 6.69. The van der Waals surface area contributed by atoms with Crippen LogP contribution < -0.4 is 15.0 Å². The SMILES string of the molecule is COc1ccc(Cl)cc1N1CCC(NC(=O)c2ccc(S(=O)(=O)C(F)(F)F)cc2)C1. The maximum absolute atomic E-state index is 12.6. The highest BCUT2D eigenvalue weighted by Crippen LogP contribution is 2.33. The average Bonchev–Trinajstić information content (AvgIpc) is 3.15. The number of nitrogens with zero attached hydrogens (tertiary/aromatic N) is 1. The predicted octanol–water partition coefficient (Wildman–Crippen LogP) is 3.65. The molecule has 1 heterocycles. The standard InChI is InChI=1S/C19H18ClF3N2O4S/c1-29-17-7-4-13(20)10-16(17)25-9-8-14(11-25)24-18(26)12-2-5-15(6-3-12)30(27,28)19(21,22)23/h2-7,10,14H,8-9,11H2,1H3,(H,24,26). The number of rotatable bonds is 5. The Morgan fingerprint density at radius 3 is 2.47 bits per heavy atom. The molecule has 6 nitrogen and oxygen atoms in total. The van der Waals surface area contributed by atoms with Gasteiger partial charge >= 0.3 is 5.51 Å². The van der Waals surface area contributed by atoms with E-state index in [9.17, 15) is 26.4 Å². The average molecular weight is 463 g/mol. The van der Waals surface area contributed by atoms with E-state index in [-0.39, 0.29) is 11.6 Å². The summed E-state index contributed by atoms with van der Waals surface area (Å²) in [5.74, 6) is 0.142. The molecule has 0 aliphatic carbocycles. The zero-order valence-corrected chi connectivity index (χ0v) is 17.3. The van der Waals surface area contributed by atoms with Crippen LogP contribution in [0.1, 0.15) is 16.8 Å². The summed E-state index contributed by atoms with van der Waals surface area (Å²) in [6.07, 6.45) is 0.641. The van der Waals surface area contributed by atoms with Crippen molar-refractivity contribution in [1.29, 1.82) is 0 Å². The summed E-state index contributed by atoms with van der Waals surface area (Å²) >= 11 is 6.06. The number of anilines is 1. The van der Waals surface area contributed by atoms with Gasteiger partial charge in [0.1, 0.15) is 5.75 Å². The van der Waals surface area contributed by atoms with Crippen LogP contribution in [0.5, 0.6) is 5.75 Å². The van der Waals surface area contributed by atoms with Gasteiger partial charge in [-0.15, -0.1) is 0 Å². The predicted molar refractivity (Wildman–Crippen MR) is 106 cm³/mol. The molecule has 1 aliphatic heterocycles. The second-order valence-corrected chi connectivity index (χ2v) is 9.07. The van der Waals surface area contributed by atoms with Gasteiger partial charge in [-0.2, -0.15) is 13.2 Å². The van der Waals surface area contributed by atoms with Crippen molar-refractivity contribution in [2.75, 3.05) is 25.1 Å². The van der Waals surface area contributed by atoms with Crippen molar-refractivity contribution < 1.29 is 31.1 Å². The van der Waals surface area contributed by atoms with Gasteiger partial charge in [-0.3, -0.25) is 4.79 Å². The maximum Gasteiger partial charge on any atom is 0.501 e. The fourth-order valence-corrected chi connectivity index (χ4v) is 4.12. The van der Waals surface area contributed by atoms with Crippen LogP contribution in [0.2, 0.25) is 5.02 Å². The summed E-state index contributed by atoms with van der Waals surface area (Å²) in [6.45, 7) is 1.13. The Bertz CT molecular complexity index is 1040. The van der Waals surface area contributed by atoms with Crippen molar-refractivity contribution in [3.63, 3.8) is 0 Å². The summed E-state index contributed by atoms with van der Waals surface area (Å²) in [5, 5.41) is 3.36. The fourth-order valence-electron chi connectivity index (χ4n) is 3.19. The molecular weight excluding hydrogens is 445 g/mol. The van der Waals surface area contributed by atoms with E-state index >= 15 is 0 Å². The monoisotopic (exact) mass is 462 g/mol. The van der Waals surface area contributed by atoms with E-state index in [1.54, 1.807) is 25.3 Å². The number of alkyl halides is 3. The molecule has 0 spiro atoms. The quantitative estimate of drug-likeness (QED) is 0.734. The molecular formula is C19H18ClF3N2O4S. The molecule has 2 aromatic carbocycles. The Hall–Kier alpha value is -2.46. The van der Waals surface area contributed by atoms with E-state index in [4.69, 9.17) is 16.3 Å². The van der Waals surface area contributed by atoms with Crippen LogP contribution in [0.25, 0.3) is 0 Å².